The number of allylic oxidation sites excluding steroid dienone is 1. The smallest absolute Gasteiger partial charge is 0.187 e. The summed E-state index contributed by atoms with van der Waals surface area (Å²) >= 11 is 0. The van der Waals surface area contributed by atoms with E-state index in [0.29, 0.717) is 0 Å². The molecular formula is C19H19NO. The Bertz CT molecular complexity index is 686. The van der Waals surface area contributed by atoms with E-state index in [9.17, 15) is 4.79 Å². The minimum Gasteiger partial charge on any atom is -0.289 e. The SMILES string of the molecule is Cc1nc2c(cc1C(=O)/C=C/c1ccccc1)CCCC2. The summed E-state index contributed by atoms with van der Waals surface area (Å²) in [5, 5.41) is 0. The molecule has 2 heteroatoms. The number of aromatic nitrogens is 1. The molecule has 1 aliphatic carbocycles. The maximum Gasteiger partial charge on any atom is 0.187 e. The molecule has 0 spiro atoms. The third-order valence-electron chi connectivity index (χ3n) is 3.98. The zero-order valence-corrected chi connectivity index (χ0v) is 12.3. The van der Waals surface area contributed by atoms with E-state index in [1.54, 1.807) is 6.08 Å². The zero-order chi connectivity index (χ0) is 14.7. The van der Waals surface area contributed by atoms with Gasteiger partial charge in [-0.15, -0.1) is 0 Å². The summed E-state index contributed by atoms with van der Waals surface area (Å²) in [4.78, 5) is 17.0. The van der Waals surface area contributed by atoms with Gasteiger partial charge in [0.15, 0.2) is 5.78 Å². The molecule has 0 aliphatic heterocycles. The largest absolute Gasteiger partial charge is 0.289 e. The molecule has 0 saturated heterocycles. The normalized spacial score (nSPS) is 14.1. The highest BCUT2D eigenvalue weighted by molar-refractivity contribution is 6.07. The topological polar surface area (TPSA) is 30.0 Å². The van der Waals surface area contributed by atoms with Crippen LogP contribution in [-0.4, -0.2) is 10.8 Å². The molecule has 0 N–H and O–H groups in total. The van der Waals surface area contributed by atoms with E-state index in [1.165, 1.54) is 24.1 Å². The number of hydrogen-bond donors (Lipinski definition) is 0. The summed E-state index contributed by atoms with van der Waals surface area (Å²) in [6, 6.07) is 11.9. The molecule has 1 aromatic heterocycles. The summed E-state index contributed by atoms with van der Waals surface area (Å²) in [5.74, 6) is 0.0391. The molecule has 1 aliphatic rings. The number of carbonyl (C=O) groups excluding carboxylic acids is 1. The van der Waals surface area contributed by atoms with Gasteiger partial charge in [-0.2, -0.15) is 0 Å². The van der Waals surface area contributed by atoms with Crippen molar-refractivity contribution in [2.24, 2.45) is 0 Å². The average Bonchev–Trinajstić information content (AvgIpc) is 2.53. The fourth-order valence-corrected chi connectivity index (χ4v) is 2.81. The molecule has 2 aromatic rings. The van der Waals surface area contributed by atoms with Crippen molar-refractivity contribution in [1.29, 1.82) is 0 Å². The second kappa shape index (κ2) is 6.04. The Morgan fingerprint density at radius 3 is 2.71 bits per heavy atom. The average molecular weight is 277 g/mol. The van der Waals surface area contributed by atoms with Gasteiger partial charge in [0.05, 0.1) is 0 Å². The highest BCUT2D eigenvalue weighted by atomic mass is 16.1. The van der Waals surface area contributed by atoms with Gasteiger partial charge in [-0.3, -0.25) is 9.78 Å². The van der Waals surface area contributed by atoms with Crippen LogP contribution in [0.25, 0.3) is 6.08 Å². The first-order chi connectivity index (χ1) is 10.2. The van der Waals surface area contributed by atoms with Crippen molar-refractivity contribution in [3.63, 3.8) is 0 Å². The van der Waals surface area contributed by atoms with E-state index in [1.807, 2.05) is 43.3 Å². The summed E-state index contributed by atoms with van der Waals surface area (Å²) < 4.78 is 0. The number of benzene rings is 1. The van der Waals surface area contributed by atoms with Crippen molar-refractivity contribution < 1.29 is 4.79 Å². The quantitative estimate of drug-likeness (QED) is 0.622. The van der Waals surface area contributed by atoms with E-state index in [-0.39, 0.29) is 5.78 Å². The van der Waals surface area contributed by atoms with Crippen LogP contribution in [0.3, 0.4) is 0 Å². The molecule has 0 amide bonds. The van der Waals surface area contributed by atoms with Crippen LogP contribution in [0.1, 0.15) is 45.7 Å². The Morgan fingerprint density at radius 2 is 1.90 bits per heavy atom. The molecule has 3 rings (SSSR count). The van der Waals surface area contributed by atoms with Gasteiger partial charge in [0, 0.05) is 17.0 Å². The van der Waals surface area contributed by atoms with Gasteiger partial charge in [0.25, 0.3) is 0 Å². The van der Waals surface area contributed by atoms with Crippen molar-refractivity contribution in [1.82, 2.24) is 4.98 Å². The first-order valence-corrected chi connectivity index (χ1v) is 7.51. The molecule has 2 nitrogen and oxygen atoms in total. The molecule has 0 atom stereocenters. The third-order valence-corrected chi connectivity index (χ3v) is 3.98. The number of hydrogen-bond acceptors (Lipinski definition) is 2. The molecule has 1 heterocycles. The van der Waals surface area contributed by atoms with Crippen LogP contribution in [0.5, 0.6) is 0 Å². The van der Waals surface area contributed by atoms with Crippen molar-refractivity contribution in [2.45, 2.75) is 32.6 Å². The zero-order valence-electron chi connectivity index (χ0n) is 12.3. The van der Waals surface area contributed by atoms with Crippen LogP contribution in [0, 0.1) is 6.92 Å². The molecule has 0 unspecified atom stereocenters. The monoisotopic (exact) mass is 277 g/mol. The van der Waals surface area contributed by atoms with Gasteiger partial charge < -0.3 is 0 Å². The van der Waals surface area contributed by atoms with Gasteiger partial charge in [0.2, 0.25) is 0 Å². The fourth-order valence-electron chi connectivity index (χ4n) is 2.81. The lowest BCUT2D eigenvalue weighted by atomic mass is 9.93. The van der Waals surface area contributed by atoms with E-state index in [2.05, 4.69) is 11.1 Å². The van der Waals surface area contributed by atoms with E-state index >= 15 is 0 Å². The maximum absolute atomic E-state index is 12.4. The Labute approximate surface area is 125 Å². The number of fused-ring (bicyclic) bond motifs is 1. The van der Waals surface area contributed by atoms with Gasteiger partial charge in [0.1, 0.15) is 0 Å². The Balaban J connectivity index is 1.86. The van der Waals surface area contributed by atoms with Crippen LogP contribution in [0.15, 0.2) is 42.5 Å². The van der Waals surface area contributed by atoms with Crippen LogP contribution in [0.2, 0.25) is 0 Å². The third kappa shape index (κ3) is 3.10. The number of ketones is 1. The van der Waals surface area contributed by atoms with E-state index < -0.39 is 0 Å². The standard InChI is InChI=1S/C19H19NO/c1-14-17(13-16-9-5-6-10-18(16)20-14)19(21)12-11-15-7-3-2-4-8-15/h2-4,7-8,11-13H,5-6,9-10H2,1H3/b12-11+. The van der Waals surface area contributed by atoms with Gasteiger partial charge in [-0.05, 0) is 55.9 Å². The van der Waals surface area contributed by atoms with E-state index in [0.717, 1.165) is 29.7 Å². The number of carbonyl (C=O) groups is 1. The highest BCUT2D eigenvalue weighted by Gasteiger charge is 2.15. The first kappa shape index (κ1) is 13.7. The Kier molecular flexibility index (Phi) is 3.96. The predicted octanol–water partition coefficient (Wildman–Crippen LogP) is 4.16. The second-order valence-electron chi connectivity index (χ2n) is 5.54. The molecule has 0 saturated carbocycles. The number of nitrogens with zero attached hydrogens (tertiary/aromatic N) is 1. The van der Waals surface area contributed by atoms with Crippen LogP contribution in [-0.2, 0) is 12.8 Å². The van der Waals surface area contributed by atoms with Crippen molar-refractivity contribution >= 4 is 11.9 Å². The van der Waals surface area contributed by atoms with Gasteiger partial charge in [-0.1, -0.05) is 36.4 Å². The molecule has 106 valence electrons. The molecule has 21 heavy (non-hydrogen) atoms. The minimum atomic E-state index is 0.0391. The summed E-state index contributed by atoms with van der Waals surface area (Å²) in [6.07, 6.45) is 8.01. The molecule has 0 fully saturated rings. The lowest BCUT2D eigenvalue weighted by Gasteiger charge is -2.16. The van der Waals surface area contributed by atoms with Crippen molar-refractivity contribution in [3.8, 4) is 0 Å². The van der Waals surface area contributed by atoms with Crippen molar-refractivity contribution in [2.75, 3.05) is 0 Å². The molecule has 1 aromatic carbocycles. The Hall–Kier alpha value is -2.22. The minimum absolute atomic E-state index is 0.0391. The van der Waals surface area contributed by atoms with Crippen LogP contribution in [0.4, 0.5) is 0 Å². The van der Waals surface area contributed by atoms with Crippen LogP contribution < -0.4 is 0 Å². The number of pyridine rings is 1. The second-order valence-corrected chi connectivity index (χ2v) is 5.54. The van der Waals surface area contributed by atoms with Crippen molar-refractivity contribution in [3.05, 3.63) is 70.6 Å². The Morgan fingerprint density at radius 1 is 1.14 bits per heavy atom. The van der Waals surface area contributed by atoms with E-state index in [4.69, 9.17) is 0 Å². The first-order valence-electron chi connectivity index (χ1n) is 7.51. The maximum atomic E-state index is 12.4. The fraction of sp³-hybridized carbons (Fsp3) is 0.263. The number of rotatable bonds is 3. The summed E-state index contributed by atoms with van der Waals surface area (Å²) in [6.45, 7) is 1.93. The number of aryl methyl sites for hydroxylation is 3. The van der Waals surface area contributed by atoms with Crippen LogP contribution >= 0.6 is 0 Å². The predicted molar refractivity (Wildman–Crippen MR) is 85.4 cm³/mol. The van der Waals surface area contributed by atoms with Gasteiger partial charge in [-0.25, -0.2) is 0 Å². The molecular weight excluding hydrogens is 258 g/mol. The lowest BCUT2D eigenvalue weighted by Crippen LogP contribution is -2.10. The highest BCUT2D eigenvalue weighted by Crippen LogP contribution is 2.22. The molecule has 0 bridgehead atoms. The summed E-state index contributed by atoms with van der Waals surface area (Å²) in [5.41, 5.74) is 5.06. The molecule has 0 radical (unpaired) electrons. The lowest BCUT2D eigenvalue weighted by molar-refractivity contribution is 0.104. The van der Waals surface area contributed by atoms with Gasteiger partial charge >= 0.3 is 0 Å². The summed E-state index contributed by atoms with van der Waals surface area (Å²) in [7, 11) is 0.